The molecule has 100 valence electrons. The molecule has 2 aromatic rings. The summed E-state index contributed by atoms with van der Waals surface area (Å²) in [6, 6.07) is 7.96. The maximum Gasteiger partial charge on any atom is 0.125 e. The van der Waals surface area contributed by atoms with Crippen LogP contribution in [0.2, 0.25) is 5.02 Å². The number of hydrogen-bond donors (Lipinski definition) is 1. The van der Waals surface area contributed by atoms with Crippen molar-refractivity contribution in [2.24, 2.45) is 0 Å². The van der Waals surface area contributed by atoms with Crippen LogP contribution in [0.5, 0.6) is 0 Å². The van der Waals surface area contributed by atoms with Gasteiger partial charge in [0.25, 0.3) is 0 Å². The van der Waals surface area contributed by atoms with Gasteiger partial charge in [0.1, 0.15) is 5.01 Å². The van der Waals surface area contributed by atoms with Gasteiger partial charge in [-0.2, -0.15) is 0 Å². The van der Waals surface area contributed by atoms with E-state index in [0.29, 0.717) is 5.92 Å². The molecular formula is C15H17ClN2S. The van der Waals surface area contributed by atoms with Crippen molar-refractivity contribution in [1.82, 2.24) is 10.3 Å². The fourth-order valence-corrected chi connectivity index (χ4v) is 3.59. The number of halogens is 1. The monoisotopic (exact) mass is 292 g/mol. The Morgan fingerprint density at radius 1 is 1.37 bits per heavy atom. The molecule has 1 aliphatic carbocycles. The Balaban J connectivity index is 1.96. The van der Waals surface area contributed by atoms with E-state index in [1.54, 1.807) is 11.3 Å². The van der Waals surface area contributed by atoms with E-state index >= 15 is 0 Å². The van der Waals surface area contributed by atoms with E-state index in [1.807, 2.05) is 18.2 Å². The Morgan fingerprint density at radius 2 is 2.16 bits per heavy atom. The zero-order valence-corrected chi connectivity index (χ0v) is 12.5. The fraction of sp³-hybridized carbons (Fsp3) is 0.400. The summed E-state index contributed by atoms with van der Waals surface area (Å²) in [7, 11) is 0. The Morgan fingerprint density at radius 3 is 2.84 bits per heavy atom. The second-order valence-corrected chi connectivity index (χ2v) is 6.35. The predicted octanol–water partition coefficient (Wildman–Crippen LogP) is 4.45. The van der Waals surface area contributed by atoms with Gasteiger partial charge in [-0.3, -0.25) is 0 Å². The first-order valence-corrected chi connectivity index (χ1v) is 7.94. The number of hydrogen-bond acceptors (Lipinski definition) is 3. The third kappa shape index (κ3) is 2.83. The normalized spacial score (nSPS) is 14.8. The van der Waals surface area contributed by atoms with Crippen molar-refractivity contribution < 1.29 is 0 Å². The molecule has 0 bridgehead atoms. The SMILES string of the molecule is CCNCc1sc(-c2ccccc2Cl)nc1C1CC1. The minimum Gasteiger partial charge on any atom is -0.312 e. The molecule has 0 unspecified atom stereocenters. The van der Waals surface area contributed by atoms with Crippen LogP contribution in [0.4, 0.5) is 0 Å². The molecule has 0 aliphatic heterocycles. The number of aromatic nitrogens is 1. The minimum atomic E-state index is 0.682. The van der Waals surface area contributed by atoms with Crippen molar-refractivity contribution in [2.75, 3.05) is 6.54 Å². The van der Waals surface area contributed by atoms with Gasteiger partial charge in [0.2, 0.25) is 0 Å². The van der Waals surface area contributed by atoms with E-state index in [9.17, 15) is 0 Å². The first-order chi connectivity index (χ1) is 9.29. The van der Waals surface area contributed by atoms with E-state index in [0.717, 1.165) is 28.7 Å². The molecule has 0 radical (unpaired) electrons. The lowest BCUT2D eigenvalue weighted by molar-refractivity contribution is 0.727. The van der Waals surface area contributed by atoms with E-state index in [4.69, 9.17) is 16.6 Å². The molecule has 1 N–H and O–H groups in total. The summed E-state index contributed by atoms with van der Waals surface area (Å²) < 4.78 is 0. The van der Waals surface area contributed by atoms with Crippen LogP contribution in [0.3, 0.4) is 0 Å². The van der Waals surface area contributed by atoms with Gasteiger partial charge in [0, 0.05) is 22.9 Å². The van der Waals surface area contributed by atoms with Crippen molar-refractivity contribution in [2.45, 2.75) is 32.2 Å². The lowest BCUT2D eigenvalue weighted by atomic mass is 10.2. The number of nitrogens with zero attached hydrogens (tertiary/aromatic N) is 1. The summed E-state index contributed by atoms with van der Waals surface area (Å²) in [6.07, 6.45) is 2.57. The van der Waals surface area contributed by atoms with Crippen molar-refractivity contribution in [3.63, 3.8) is 0 Å². The van der Waals surface area contributed by atoms with E-state index in [-0.39, 0.29) is 0 Å². The summed E-state index contributed by atoms with van der Waals surface area (Å²) in [5, 5.41) is 5.25. The second-order valence-electron chi connectivity index (χ2n) is 4.86. The van der Waals surface area contributed by atoms with E-state index in [1.165, 1.54) is 23.4 Å². The van der Waals surface area contributed by atoms with Crippen LogP contribution < -0.4 is 5.32 Å². The zero-order valence-electron chi connectivity index (χ0n) is 10.9. The first kappa shape index (κ1) is 13.1. The van der Waals surface area contributed by atoms with Crippen molar-refractivity contribution in [3.8, 4) is 10.6 Å². The average Bonchev–Trinajstić information content (AvgIpc) is 3.18. The summed E-state index contributed by atoms with van der Waals surface area (Å²) in [4.78, 5) is 6.22. The molecule has 0 amide bonds. The molecule has 1 aliphatic rings. The molecule has 1 fully saturated rings. The molecule has 0 saturated heterocycles. The minimum absolute atomic E-state index is 0.682. The van der Waals surface area contributed by atoms with Gasteiger partial charge in [-0.25, -0.2) is 4.98 Å². The highest BCUT2D eigenvalue weighted by molar-refractivity contribution is 7.15. The van der Waals surface area contributed by atoms with Gasteiger partial charge >= 0.3 is 0 Å². The summed E-state index contributed by atoms with van der Waals surface area (Å²) >= 11 is 8.05. The van der Waals surface area contributed by atoms with Gasteiger partial charge in [-0.1, -0.05) is 36.7 Å². The van der Waals surface area contributed by atoms with E-state index < -0.39 is 0 Å². The van der Waals surface area contributed by atoms with Crippen LogP contribution in [-0.4, -0.2) is 11.5 Å². The second kappa shape index (κ2) is 5.61. The predicted molar refractivity (Wildman–Crippen MR) is 81.9 cm³/mol. The number of benzene rings is 1. The quantitative estimate of drug-likeness (QED) is 0.880. The van der Waals surface area contributed by atoms with Gasteiger partial charge in [0.05, 0.1) is 10.7 Å². The topological polar surface area (TPSA) is 24.9 Å². The number of thiazole rings is 1. The molecule has 1 heterocycles. The van der Waals surface area contributed by atoms with Crippen molar-refractivity contribution in [3.05, 3.63) is 39.9 Å². The summed E-state index contributed by atoms with van der Waals surface area (Å²) in [5.74, 6) is 0.682. The third-order valence-electron chi connectivity index (χ3n) is 3.33. The molecule has 3 rings (SSSR count). The van der Waals surface area contributed by atoms with Gasteiger partial charge < -0.3 is 5.32 Å². The zero-order chi connectivity index (χ0) is 13.2. The third-order valence-corrected chi connectivity index (χ3v) is 4.77. The van der Waals surface area contributed by atoms with Gasteiger partial charge in [0.15, 0.2) is 0 Å². The molecule has 4 heteroatoms. The number of rotatable bonds is 5. The molecular weight excluding hydrogens is 276 g/mol. The van der Waals surface area contributed by atoms with Crippen molar-refractivity contribution >= 4 is 22.9 Å². The van der Waals surface area contributed by atoms with Crippen LogP contribution >= 0.6 is 22.9 Å². The molecule has 19 heavy (non-hydrogen) atoms. The Labute approximate surface area is 122 Å². The van der Waals surface area contributed by atoms with Crippen LogP contribution in [0, 0.1) is 0 Å². The fourth-order valence-electron chi connectivity index (χ4n) is 2.15. The Hall–Kier alpha value is -0.900. The lowest BCUT2D eigenvalue weighted by Crippen LogP contribution is -2.11. The van der Waals surface area contributed by atoms with Gasteiger partial charge in [-0.15, -0.1) is 11.3 Å². The summed E-state index contributed by atoms with van der Waals surface area (Å²) in [5.41, 5.74) is 2.35. The van der Waals surface area contributed by atoms with Crippen LogP contribution in [-0.2, 0) is 6.54 Å². The first-order valence-electron chi connectivity index (χ1n) is 6.74. The van der Waals surface area contributed by atoms with Crippen LogP contribution in [0.25, 0.3) is 10.6 Å². The highest BCUT2D eigenvalue weighted by Gasteiger charge is 2.29. The van der Waals surface area contributed by atoms with Crippen LogP contribution in [0.15, 0.2) is 24.3 Å². The largest absolute Gasteiger partial charge is 0.312 e. The molecule has 1 saturated carbocycles. The maximum atomic E-state index is 6.27. The molecule has 2 nitrogen and oxygen atoms in total. The molecule has 0 atom stereocenters. The van der Waals surface area contributed by atoms with Gasteiger partial charge in [-0.05, 0) is 25.5 Å². The van der Waals surface area contributed by atoms with Crippen LogP contribution in [0.1, 0.15) is 36.3 Å². The highest BCUT2D eigenvalue weighted by atomic mass is 35.5. The average molecular weight is 293 g/mol. The molecule has 1 aromatic carbocycles. The maximum absolute atomic E-state index is 6.27. The highest BCUT2D eigenvalue weighted by Crippen LogP contribution is 2.44. The standard InChI is InChI=1S/C15H17ClN2S/c1-2-17-9-13-14(10-7-8-10)18-15(19-13)11-5-3-4-6-12(11)16/h3-6,10,17H,2,7-9H2,1H3. The molecule has 1 aromatic heterocycles. The molecule has 0 spiro atoms. The smallest absolute Gasteiger partial charge is 0.125 e. The van der Waals surface area contributed by atoms with E-state index in [2.05, 4.69) is 18.3 Å². The lowest BCUT2D eigenvalue weighted by Gasteiger charge is -2.00. The van der Waals surface area contributed by atoms with Crippen molar-refractivity contribution in [1.29, 1.82) is 0 Å². The number of nitrogens with one attached hydrogen (secondary N) is 1. The summed E-state index contributed by atoms with van der Waals surface area (Å²) in [6.45, 7) is 4.04. The Kier molecular flexibility index (Phi) is 3.87. The Bertz CT molecular complexity index is 575.